The third-order valence-corrected chi connectivity index (χ3v) is 5.60. The molecule has 2 rings (SSSR count). The molecule has 0 amide bonds. The summed E-state index contributed by atoms with van der Waals surface area (Å²) in [6.45, 7) is 14.3. The molecule has 8 nitrogen and oxygen atoms in total. The highest BCUT2D eigenvalue weighted by atomic mass is 32.2. The van der Waals surface area contributed by atoms with E-state index < -0.39 is 0 Å². The molecule has 0 fully saturated rings. The second kappa shape index (κ2) is 12.1. The molecule has 0 aliphatic carbocycles. The summed E-state index contributed by atoms with van der Waals surface area (Å²) in [4.78, 5) is 7.05. The maximum atomic E-state index is 4.87. The van der Waals surface area contributed by atoms with Crippen molar-refractivity contribution in [3.63, 3.8) is 0 Å². The molecule has 2 heterocycles. The minimum absolute atomic E-state index is 0.401. The van der Waals surface area contributed by atoms with Gasteiger partial charge in [-0.25, -0.2) is 0 Å². The van der Waals surface area contributed by atoms with Gasteiger partial charge in [0.25, 0.3) is 0 Å². The highest BCUT2D eigenvalue weighted by Gasteiger charge is 2.15. The molecule has 1 N–H and O–H groups in total. The van der Waals surface area contributed by atoms with E-state index in [1.807, 2.05) is 11.7 Å². The van der Waals surface area contributed by atoms with Gasteiger partial charge in [0.05, 0.1) is 5.69 Å². The maximum Gasteiger partial charge on any atom is 0.193 e. The zero-order valence-corrected chi connectivity index (χ0v) is 21.3. The Balaban J connectivity index is 2.01. The van der Waals surface area contributed by atoms with Crippen LogP contribution in [0, 0.1) is 5.92 Å². The van der Waals surface area contributed by atoms with E-state index >= 15 is 0 Å². The fraction of sp³-hybridized carbons (Fsp3) is 0.727. The van der Waals surface area contributed by atoms with Crippen LogP contribution in [0.5, 0.6) is 0 Å². The summed E-state index contributed by atoms with van der Waals surface area (Å²) in [5, 5.41) is 17.8. The smallest absolute Gasteiger partial charge is 0.193 e. The monoisotopic (exact) mass is 448 g/mol. The van der Waals surface area contributed by atoms with Gasteiger partial charge in [-0.15, -0.1) is 10.2 Å². The number of hydrogen-bond donors (Lipinski definition) is 1. The maximum absolute atomic E-state index is 4.87. The number of nitrogens with one attached hydrogen (secondary N) is 1. The molecule has 2 aromatic rings. The number of aryl methyl sites for hydroxylation is 2. The lowest BCUT2D eigenvalue weighted by atomic mass is 10.1. The lowest BCUT2D eigenvalue weighted by Gasteiger charge is -2.22. The SMILES string of the molecule is CCNC(=NCCCc1nnc(SC)n1CC(C)C)N(C)Cc1cn(C)nc1C(C)C. The quantitative estimate of drug-likeness (QED) is 0.245. The summed E-state index contributed by atoms with van der Waals surface area (Å²) in [5.74, 6) is 2.95. The van der Waals surface area contributed by atoms with Crippen molar-refractivity contribution >= 4 is 17.7 Å². The minimum atomic E-state index is 0.401. The highest BCUT2D eigenvalue weighted by Crippen LogP contribution is 2.19. The van der Waals surface area contributed by atoms with Crippen molar-refractivity contribution in [1.29, 1.82) is 0 Å². The Bertz CT molecular complexity index is 837. The van der Waals surface area contributed by atoms with E-state index in [2.05, 4.69) is 84.2 Å². The van der Waals surface area contributed by atoms with Crippen molar-refractivity contribution in [2.45, 2.75) is 71.6 Å². The molecule has 0 aliphatic rings. The van der Waals surface area contributed by atoms with Crippen molar-refractivity contribution in [3.8, 4) is 0 Å². The van der Waals surface area contributed by atoms with Gasteiger partial charge in [-0.05, 0) is 31.4 Å². The van der Waals surface area contributed by atoms with Crippen molar-refractivity contribution in [1.82, 2.24) is 34.8 Å². The molecule has 0 atom stereocenters. The summed E-state index contributed by atoms with van der Waals surface area (Å²) in [6, 6.07) is 0. The molecule has 0 bridgehead atoms. The molecule has 0 unspecified atom stereocenters. The first-order valence-corrected chi connectivity index (χ1v) is 12.5. The van der Waals surface area contributed by atoms with Gasteiger partial charge in [-0.2, -0.15) is 5.10 Å². The summed E-state index contributed by atoms with van der Waals surface area (Å²) in [6.07, 6.45) is 5.99. The first-order valence-electron chi connectivity index (χ1n) is 11.2. The number of aliphatic imine (C=N–C) groups is 1. The van der Waals surface area contributed by atoms with Gasteiger partial charge >= 0.3 is 0 Å². The average molecular weight is 449 g/mol. The average Bonchev–Trinajstić information content (AvgIpc) is 3.26. The summed E-state index contributed by atoms with van der Waals surface area (Å²) >= 11 is 1.66. The normalized spacial score (nSPS) is 12.3. The van der Waals surface area contributed by atoms with Crippen LogP contribution in [0.3, 0.4) is 0 Å². The van der Waals surface area contributed by atoms with Crippen LogP contribution in [-0.2, 0) is 26.6 Å². The van der Waals surface area contributed by atoms with Crippen molar-refractivity contribution < 1.29 is 0 Å². The Morgan fingerprint density at radius 2 is 2.00 bits per heavy atom. The molecule has 0 saturated heterocycles. The number of aromatic nitrogens is 5. The van der Waals surface area contributed by atoms with Crippen molar-refractivity contribution in [3.05, 3.63) is 23.3 Å². The standard InChI is InChI=1S/C22H40N8S/c1-9-23-21(28(6)14-18-15-29(7)27-20(18)17(4)5)24-12-10-11-19-25-26-22(31-8)30(19)13-16(2)3/h15-17H,9-14H2,1-8H3,(H,23,24). The number of hydrogen-bond acceptors (Lipinski definition) is 5. The topological polar surface area (TPSA) is 76.2 Å². The third-order valence-electron chi connectivity index (χ3n) is 4.93. The number of thioether (sulfide) groups is 1. The fourth-order valence-electron chi connectivity index (χ4n) is 3.59. The first-order chi connectivity index (χ1) is 14.8. The highest BCUT2D eigenvalue weighted by molar-refractivity contribution is 7.98. The second-order valence-electron chi connectivity index (χ2n) is 8.67. The van der Waals surface area contributed by atoms with Gasteiger partial charge < -0.3 is 14.8 Å². The van der Waals surface area contributed by atoms with E-state index in [1.165, 1.54) is 5.56 Å². The van der Waals surface area contributed by atoms with Gasteiger partial charge in [-0.1, -0.05) is 39.5 Å². The number of guanidine groups is 1. The predicted octanol–water partition coefficient (Wildman–Crippen LogP) is 3.54. The van der Waals surface area contributed by atoms with E-state index in [4.69, 9.17) is 4.99 Å². The summed E-state index contributed by atoms with van der Waals surface area (Å²) in [5.41, 5.74) is 2.40. The van der Waals surface area contributed by atoms with Crippen molar-refractivity contribution in [2.75, 3.05) is 26.4 Å². The van der Waals surface area contributed by atoms with Crippen LogP contribution >= 0.6 is 11.8 Å². The van der Waals surface area contributed by atoms with E-state index in [9.17, 15) is 0 Å². The van der Waals surface area contributed by atoms with E-state index in [0.717, 1.165) is 61.7 Å². The van der Waals surface area contributed by atoms with E-state index in [1.54, 1.807) is 11.8 Å². The Kier molecular flexibility index (Phi) is 9.87. The summed E-state index contributed by atoms with van der Waals surface area (Å²) < 4.78 is 4.16. The third kappa shape index (κ3) is 7.26. The number of rotatable bonds is 11. The predicted molar refractivity (Wildman–Crippen MR) is 130 cm³/mol. The zero-order chi connectivity index (χ0) is 23.0. The first kappa shape index (κ1) is 25.2. The van der Waals surface area contributed by atoms with Crippen LogP contribution in [0.25, 0.3) is 0 Å². The van der Waals surface area contributed by atoms with E-state index in [0.29, 0.717) is 11.8 Å². The van der Waals surface area contributed by atoms with Crippen LogP contribution in [0.1, 0.15) is 64.0 Å². The second-order valence-corrected chi connectivity index (χ2v) is 9.44. The molecule has 9 heteroatoms. The Labute approximate surface area is 191 Å². The van der Waals surface area contributed by atoms with Gasteiger partial charge in [-0.3, -0.25) is 9.67 Å². The molecule has 0 spiro atoms. The lowest BCUT2D eigenvalue weighted by molar-refractivity contribution is 0.470. The largest absolute Gasteiger partial charge is 0.357 e. The van der Waals surface area contributed by atoms with Crippen LogP contribution in [0.2, 0.25) is 0 Å². The van der Waals surface area contributed by atoms with Crippen molar-refractivity contribution in [2.24, 2.45) is 18.0 Å². The zero-order valence-electron chi connectivity index (χ0n) is 20.5. The molecule has 174 valence electrons. The van der Waals surface area contributed by atoms with Gasteiger partial charge in [0.15, 0.2) is 11.1 Å². The van der Waals surface area contributed by atoms with Gasteiger partial charge in [0.1, 0.15) is 5.82 Å². The number of nitrogens with zero attached hydrogens (tertiary/aromatic N) is 7. The lowest BCUT2D eigenvalue weighted by Crippen LogP contribution is -2.38. The molecule has 2 aromatic heterocycles. The van der Waals surface area contributed by atoms with Crippen LogP contribution in [0.4, 0.5) is 0 Å². The Morgan fingerprint density at radius 3 is 2.61 bits per heavy atom. The van der Waals surface area contributed by atoms with E-state index in [-0.39, 0.29) is 0 Å². The molecule has 0 saturated carbocycles. The van der Waals surface area contributed by atoms with Crippen LogP contribution in [0.15, 0.2) is 16.3 Å². The Morgan fingerprint density at radius 1 is 1.26 bits per heavy atom. The molecule has 0 radical (unpaired) electrons. The molecule has 0 aliphatic heterocycles. The molecule has 0 aromatic carbocycles. The van der Waals surface area contributed by atoms with Gasteiger partial charge in [0, 0.05) is 58.5 Å². The fourth-order valence-corrected chi connectivity index (χ4v) is 4.11. The van der Waals surface area contributed by atoms with Crippen LogP contribution in [-0.4, -0.2) is 61.8 Å². The van der Waals surface area contributed by atoms with Crippen LogP contribution < -0.4 is 5.32 Å². The molecular weight excluding hydrogens is 408 g/mol. The molecule has 31 heavy (non-hydrogen) atoms. The molecular formula is C22H40N8S. The summed E-state index contributed by atoms with van der Waals surface area (Å²) in [7, 11) is 4.07. The van der Waals surface area contributed by atoms with Gasteiger partial charge in [0.2, 0.25) is 0 Å². The Hall–Kier alpha value is -2.03. The minimum Gasteiger partial charge on any atom is -0.357 e.